The number of carbonyl (C=O) groups is 3. The number of hydrogen-bond donors (Lipinski definition) is 4. The molecule has 17 atom stereocenters. The van der Waals surface area contributed by atoms with Crippen LogP contribution in [-0.2, 0) is 57.0 Å². The first-order chi connectivity index (χ1) is 23.5. The second-order valence-electron chi connectivity index (χ2n) is 15.8. The van der Waals surface area contributed by atoms with Crippen LogP contribution in [0.2, 0.25) is 0 Å². The number of aliphatic hydroxyl groups is 4. The van der Waals surface area contributed by atoms with Gasteiger partial charge in [0.2, 0.25) is 0 Å². The van der Waals surface area contributed by atoms with Crippen LogP contribution in [0.15, 0.2) is 11.6 Å². The Labute approximate surface area is 288 Å². The fourth-order valence-electron chi connectivity index (χ4n) is 12.3. The van der Waals surface area contributed by atoms with Gasteiger partial charge in [0.25, 0.3) is 5.79 Å². The van der Waals surface area contributed by atoms with Gasteiger partial charge in [0.15, 0.2) is 12.6 Å². The molecular weight excluding hydrogens is 664 g/mol. The van der Waals surface area contributed by atoms with Crippen molar-refractivity contribution in [3.8, 4) is 0 Å². The highest BCUT2D eigenvalue weighted by Gasteiger charge is 2.97. The molecule has 8 aliphatic rings. The van der Waals surface area contributed by atoms with Crippen molar-refractivity contribution in [1.29, 1.82) is 0 Å². The normalized spacial score (nSPS) is 56.9. The summed E-state index contributed by atoms with van der Waals surface area (Å²) in [6.07, 6.45) is -6.79. The van der Waals surface area contributed by atoms with Crippen molar-refractivity contribution in [2.75, 3.05) is 34.5 Å². The van der Waals surface area contributed by atoms with E-state index in [1.54, 1.807) is 33.8 Å². The van der Waals surface area contributed by atoms with Crippen LogP contribution in [0.4, 0.5) is 0 Å². The Hall–Kier alpha value is -2.25. The van der Waals surface area contributed by atoms with E-state index >= 15 is 0 Å². The van der Waals surface area contributed by atoms with Gasteiger partial charge in [-0.3, -0.25) is 4.79 Å². The highest BCUT2D eigenvalue weighted by molar-refractivity contribution is 5.88. The zero-order valence-electron chi connectivity index (χ0n) is 29.1. The van der Waals surface area contributed by atoms with Crippen LogP contribution in [0.1, 0.15) is 47.0 Å². The number of carbonyl (C=O) groups excluding carboxylic acids is 3. The van der Waals surface area contributed by atoms with Crippen molar-refractivity contribution in [2.24, 2.45) is 34.0 Å². The largest absolute Gasteiger partial charge is 0.468 e. The van der Waals surface area contributed by atoms with E-state index in [1.165, 1.54) is 14.2 Å². The van der Waals surface area contributed by atoms with Crippen LogP contribution in [-0.4, -0.2) is 139 Å². The number of epoxide rings is 1. The van der Waals surface area contributed by atoms with Crippen LogP contribution in [0.25, 0.3) is 0 Å². The van der Waals surface area contributed by atoms with E-state index < -0.39 is 124 Å². The van der Waals surface area contributed by atoms with Gasteiger partial charge in [-0.25, -0.2) is 9.59 Å². The Balaban J connectivity index is 1.36. The van der Waals surface area contributed by atoms with E-state index in [-0.39, 0.29) is 31.4 Å². The molecule has 16 heteroatoms. The van der Waals surface area contributed by atoms with Gasteiger partial charge >= 0.3 is 17.9 Å². The molecule has 50 heavy (non-hydrogen) atoms. The lowest BCUT2D eigenvalue weighted by molar-refractivity contribution is -0.321. The minimum absolute atomic E-state index is 0.0814. The fraction of sp³-hybridized carbons (Fsp3) is 0.853. The molecule has 0 aromatic heterocycles. The number of hydrogen-bond acceptors (Lipinski definition) is 16. The standard InChI is InChI=1S/C34H46O16/c1-8-14(2)23(37)47-17-10-16(35)30(25(38)43-6)12-45-20-21(30)31(17)13-46-33(41,26(39)44-7)24(31)28(3,22(20)36)34-18-9-15(29(34,4)50-34)32(40)11-19(42-5)49-27(32)48-18/h8,15-22,24,27,35-36,40-41H,9-13H2,1-7H3/b14-8+/t15-,16-,17+,18+,19+,20-,21+,22-,24+,27-,28-,29+,30+,31+,32+,33+,34+/m1/s1. The maximum atomic E-state index is 13.9. The van der Waals surface area contributed by atoms with Crippen LogP contribution in [0.5, 0.6) is 0 Å². The molecular formula is C34H46O16. The summed E-state index contributed by atoms with van der Waals surface area (Å²) in [6, 6.07) is 0. The maximum Gasteiger partial charge on any atom is 0.366 e. The van der Waals surface area contributed by atoms with Gasteiger partial charge < -0.3 is 63.1 Å². The summed E-state index contributed by atoms with van der Waals surface area (Å²) in [5, 5.41) is 49.4. The summed E-state index contributed by atoms with van der Waals surface area (Å²) in [4.78, 5) is 41.3. The van der Waals surface area contributed by atoms with E-state index in [0.29, 0.717) is 0 Å². The molecule has 0 aromatic rings. The molecule has 3 aliphatic carbocycles. The van der Waals surface area contributed by atoms with Crippen molar-refractivity contribution in [1.82, 2.24) is 0 Å². The van der Waals surface area contributed by atoms with Gasteiger partial charge in [0.05, 0.1) is 51.8 Å². The quantitative estimate of drug-likeness (QED) is 0.113. The molecule has 0 amide bonds. The maximum absolute atomic E-state index is 13.9. The summed E-state index contributed by atoms with van der Waals surface area (Å²) in [6.45, 7) is 5.78. The zero-order chi connectivity index (χ0) is 36.2. The van der Waals surface area contributed by atoms with Gasteiger partial charge in [0.1, 0.15) is 28.3 Å². The minimum atomic E-state index is -2.80. The van der Waals surface area contributed by atoms with Crippen molar-refractivity contribution in [2.45, 2.75) is 113 Å². The molecule has 5 heterocycles. The number of ether oxygens (including phenoxy) is 9. The van der Waals surface area contributed by atoms with Gasteiger partial charge in [0, 0.05) is 54.1 Å². The van der Waals surface area contributed by atoms with Crippen molar-refractivity contribution in [3.05, 3.63) is 11.6 Å². The van der Waals surface area contributed by atoms with E-state index in [4.69, 9.17) is 42.6 Å². The average molecular weight is 711 g/mol. The smallest absolute Gasteiger partial charge is 0.366 e. The average Bonchev–Trinajstić information content (AvgIpc) is 3.44. The molecule has 8 rings (SSSR count). The fourth-order valence-corrected chi connectivity index (χ4v) is 12.3. The molecule has 1 spiro atoms. The molecule has 0 unspecified atom stereocenters. The lowest BCUT2D eigenvalue weighted by Gasteiger charge is -2.65. The molecule has 278 valence electrons. The van der Waals surface area contributed by atoms with E-state index in [1.807, 2.05) is 0 Å². The second-order valence-corrected chi connectivity index (χ2v) is 15.8. The first kappa shape index (κ1) is 34.8. The molecule has 16 nitrogen and oxygen atoms in total. The van der Waals surface area contributed by atoms with E-state index in [9.17, 15) is 34.8 Å². The Morgan fingerprint density at radius 2 is 1.66 bits per heavy atom. The lowest BCUT2D eigenvalue weighted by atomic mass is 9.37. The van der Waals surface area contributed by atoms with E-state index in [2.05, 4.69) is 0 Å². The predicted molar refractivity (Wildman–Crippen MR) is 161 cm³/mol. The third-order valence-corrected chi connectivity index (χ3v) is 14.4. The zero-order valence-corrected chi connectivity index (χ0v) is 29.1. The van der Waals surface area contributed by atoms with Crippen LogP contribution in [0, 0.1) is 34.0 Å². The molecule has 5 aliphatic heterocycles. The van der Waals surface area contributed by atoms with Crippen LogP contribution >= 0.6 is 0 Å². The molecule has 5 saturated heterocycles. The number of allylic oxidation sites excluding steroid dienone is 1. The summed E-state index contributed by atoms with van der Waals surface area (Å²) in [5.74, 6) is -8.92. The third kappa shape index (κ3) is 3.50. The third-order valence-electron chi connectivity index (χ3n) is 14.4. The lowest BCUT2D eigenvalue weighted by Crippen LogP contribution is -2.79. The first-order valence-corrected chi connectivity index (χ1v) is 17.1. The topological polar surface area (TPSA) is 218 Å². The summed E-state index contributed by atoms with van der Waals surface area (Å²) >= 11 is 0. The van der Waals surface area contributed by atoms with Crippen molar-refractivity contribution < 1.29 is 77.4 Å². The van der Waals surface area contributed by atoms with E-state index in [0.717, 1.165) is 7.11 Å². The van der Waals surface area contributed by atoms with Crippen molar-refractivity contribution >= 4 is 17.9 Å². The molecule has 0 radical (unpaired) electrons. The Kier molecular flexibility index (Phi) is 7.28. The predicted octanol–water partition coefficient (Wildman–Crippen LogP) is -0.925. The molecule has 2 bridgehead atoms. The Bertz CT molecular complexity index is 1550. The summed E-state index contributed by atoms with van der Waals surface area (Å²) < 4.78 is 53.7. The Morgan fingerprint density at radius 1 is 0.960 bits per heavy atom. The van der Waals surface area contributed by atoms with Crippen LogP contribution < -0.4 is 0 Å². The van der Waals surface area contributed by atoms with Crippen LogP contribution in [0.3, 0.4) is 0 Å². The Morgan fingerprint density at radius 3 is 2.30 bits per heavy atom. The molecule has 4 N–H and O–H groups in total. The first-order valence-electron chi connectivity index (χ1n) is 17.1. The van der Waals surface area contributed by atoms with Gasteiger partial charge in [-0.15, -0.1) is 0 Å². The summed E-state index contributed by atoms with van der Waals surface area (Å²) in [5.41, 5.74) is -9.34. The summed E-state index contributed by atoms with van der Waals surface area (Å²) in [7, 11) is 3.70. The number of fused-ring (bicyclic) bond motifs is 7. The second kappa shape index (κ2) is 10.5. The number of esters is 3. The SMILES string of the molecule is C/C=C(\C)C(=O)O[C@H]1C[C@@H](O)[C@@]2(C(=O)OC)CO[C@H]3[C@@H](O)[C@@](C)([C@]45O[C@@]4(C)[C@H]4C[C@@H]5O[C@@H]5O[C@H](OC)C[C@@]54O)[C@H]4[C@]1(CO[C@]4(O)C(=O)OC)[C@@H]32. The van der Waals surface area contributed by atoms with Gasteiger partial charge in [-0.05, 0) is 27.2 Å². The van der Waals surface area contributed by atoms with Crippen molar-refractivity contribution in [3.63, 3.8) is 0 Å². The molecule has 3 saturated carbocycles. The minimum Gasteiger partial charge on any atom is -0.468 e. The number of methoxy groups -OCH3 is 3. The number of rotatable bonds is 6. The van der Waals surface area contributed by atoms with Gasteiger partial charge in [-0.2, -0.15) is 0 Å². The molecule has 0 aromatic carbocycles. The highest BCUT2D eigenvalue weighted by atomic mass is 16.8. The molecule has 8 fully saturated rings. The monoisotopic (exact) mass is 710 g/mol. The number of aliphatic hydroxyl groups excluding tert-OH is 2. The van der Waals surface area contributed by atoms with Gasteiger partial charge in [-0.1, -0.05) is 13.0 Å². The highest BCUT2D eigenvalue weighted by Crippen LogP contribution is 2.83.